The molecule has 1 heterocycles. The topological polar surface area (TPSA) is 72.9 Å². The first kappa shape index (κ1) is 12.3. The van der Waals surface area contributed by atoms with E-state index in [1.807, 2.05) is 30.3 Å². The van der Waals surface area contributed by atoms with Crippen LogP contribution in [0.1, 0.15) is 18.0 Å². The Morgan fingerprint density at radius 3 is 2.72 bits per heavy atom. The van der Waals surface area contributed by atoms with Crippen molar-refractivity contribution in [3.05, 3.63) is 48.2 Å². The first-order chi connectivity index (χ1) is 8.65. The Morgan fingerprint density at radius 1 is 1.39 bits per heavy atom. The molecule has 0 radical (unpaired) electrons. The summed E-state index contributed by atoms with van der Waals surface area (Å²) in [5, 5.41) is 6.79. The van der Waals surface area contributed by atoms with Gasteiger partial charge in [0.15, 0.2) is 5.82 Å². The minimum absolute atomic E-state index is 0.134. The van der Waals surface area contributed by atoms with Gasteiger partial charge in [0.05, 0.1) is 0 Å². The summed E-state index contributed by atoms with van der Waals surface area (Å²) >= 11 is 0. The summed E-state index contributed by atoms with van der Waals surface area (Å²) in [7, 11) is 1.80. The lowest BCUT2D eigenvalue weighted by molar-refractivity contribution is -0.116. The van der Waals surface area contributed by atoms with Gasteiger partial charge in [-0.3, -0.25) is 9.48 Å². The summed E-state index contributed by atoms with van der Waals surface area (Å²) in [5.74, 6) is 0.410. The second-order valence-corrected chi connectivity index (χ2v) is 4.14. The van der Waals surface area contributed by atoms with Crippen molar-refractivity contribution in [3.63, 3.8) is 0 Å². The number of benzene rings is 1. The fourth-order valence-corrected chi connectivity index (χ4v) is 1.69. The van der Waals surface area contributed by atoms with Crippen LogP contribution in [0.15, 0.2) is 42.6 Å². The van der Waals surface area contributed by atoms with E-state index in [9.17, 15) is 4.79 Å². The lowest BCUT2D eigenvalue weighted by Crippen LogP contribution is -2.20. The Bertz CT molecular complexity index is 521. The van der Waals surface area contributed by atoms with Gasteiger partial charge in [0.1, 0.15) is 0 Å². The second kappa shape index (κ2) is 5.46. The van der Waals surface area contributed by atoms with Gasteiger partial charge in [0.2, 0.25) is 5.91 Å². The van der Waals surface area contributed by atoms with Crippen molar-refractivity contribution in [1.82, 2.24) is 9.78 Å². The molecule has 0 aliphatic carbocycles. The maximum Gasteiger partial charge on any atom is 0.227 e. The van der Waals surface area contributed by atoms with Gasteiger partial charge < -0.3 is 11.1 Å². The highest BCUT2D eigenvalue weighted by molar-refractivity contribution is 5.90. The van der Waals surface area contributed by atoms with Crippen LogP contribution in [0.2, 0.25) is 0 Å². The number of amides is 1. The van der Waals surface area contributed by atoms with Crippen LogP contribution in [0.5, 0.6) is 0 Å². The van der Waals surface area contributed by atoms with E-state index in [4.69, 9.17) is 5.73 Å². The fraction of sp³-hybridized carbons (Fsp3) is 0.231. The molecule has 18 heavy (non-hydrogen) atoms. The summed E-state index contributed by atoms with van der Waals surface area (Å²) in [6.07, 6.45) is 2.01. The number of carbonyl (C=O) groups is 1. The highest BCUT2D eigenvalue weighted by Crippen LogP contribution is 2.14. The van der Waals surface area contributed by atoms with Crippen molar-refractivity contribution in [3.8, 4) is 0 Å². The predicted octanol–water partition coefficient (Wildman–Crippen LogP) is 1.45. The molecule has 0 spiro atoms. The van der Waals surface area contributed by atoms with Crippen LogP contribution >= 0.6 is 0 Å². The molecule has 2 aromatic rings. The van der Waals surface area contributed by atoms with Crippen molar-refractivity contribution in [2.24, 2.45) is 12.8 Å². The van der Waals surface area contributed by atoms with E-state index in [-0.39, 0.29) is 18.4 Å². The van der Waals surface area contributed by atoms with Crippen molar-refractivity contribution in [1.29, 1.82) is 0 Å². The number of nitrogens with one attached hydrogen (secondary N) is 1. The second-order valence-electron chi connectivity index (χ2n) is 4.14. The summed E-state index contributed by atoms with van der Waals surface area (Å²) in [5.41, 5.74) is 6.92. The quantitative estimate of drug-likeness (QED) is 0.855. The van der Waals surface area contributed by atoms with Crippen molar-refractivity contribution >= 4 is 11.7 Å². The fourth-order valence-electron chi connectivity index (χ4n) is 1.69. The molecule has 0 saturated carbocycles. The molecule has 3 N–H and O–H groups in total. The number of nitrogens with zero attached hydrogens (tertiary/aromatic N) is 2. The Morgan fingerprint density at radius 2 is 2.11 bits per heavy atom. The highest BCUT2D eigenvalue weighted by atomic mass is 16.1. The number of aromatic nitrogens is 2. The number of anilines is 1. The Hall–Kier alpha value is -2.14. The normalized spacial score (nSPS) is 12.1. The Balaban J connectivity index is 1.92. The molecule has 1 unspecified atom stereocenters. The highest BCUT2D eigenvalue weighted by Gasteiger charge is 2.12. The molecule has 1 amide bonds. The maximum absolute atomic E-state index is 11.8. The smallest absolute Gasteiger partial charge is 0.227 e. The molecule has 5 nitrogen and oxygen atoms in total. The van der Waals surface area contributed by atoms with Gasteiger partial charge in [-0.05, 0) is 5.56 Å². The zero-order valence-electron chi connectivity index (χ0n) is 10.2. The molecule has 0 aliphatic rings. The van der Waals surface area contributed by atoms with Gasteiger partial charge in [-0.25, -0.2) is 0 Å². The number of hydrogen-bond acceptors (Lipinski definition) is 3. The van der Waals surface area contributed by atoms with E-state index in [1.165, 1.54) is 0 Å². The summed E-state index contributed by atoms with van der Waals surface area (Å²) in [4.78, 5) is 11.8. The first-order valence-electron chi connectivity index (χ1n) is 5.75. The monoisotopic (exact) mass is 244 g/mol. The third-order valence-corrected chi connectivity index (χ3v) is 2.61. The summed E-state index contributed by atoms with van der Waals surface area (Å²) in [6, 6.07) is 11.0. The number of hydrogen-bond donors (Lipinski definition) is 2. The third kappa shape index (κ3) is 3.18. The molecule has 2 rings (SSSR count). The average Bonchev–Trinajstić information content (AvgIpc) is 2.75. The van der Waals surface area contributed by atoms with Gasteiger partial charge in [-0.2, -0.15) is 5.10 Å². The zero-order chi connectivity index (χ0) is 13.0. The number of nitrogens with two attached hydrogens (primary N) is 1. The largest absolute Gasteiger partial charge is 0.324 e. The Kier molecular flexibility index (Phi) is 3.74. The molecule has 0 saturated heterocycles. The van der Waals surface area contributed by atoms with Gasteiger partial charge >= 0.3 is 0 Å². The van der Waals surface area contributed by atoms with Crippen LogP contribution in [0.25, 0.3) is 0 Å². The van der Waals surface area contributed by atoms with Crippen LogP contribution < -0.4 is 11.1 Å². The van der Waals surface area contributed by atoms with Crippen molar-refractivity contribution in [2.45, 2.75) is 12.5 Å². The zero-order valence-corrected chi connectivity index (χ0v) is 10.2. The van der Waals surface area contributed by atoms with Gasteiger partial charge in [-0.15, -0.1) is 0 Å². The lowest BCUT2D eigenvalue weighted by Gasteiger charge is -2.11. The first-order valence-corrected chi connectivity index (χ1v) is 5.75. The minimum Gasteiger partial charge on any atom is -0.324 e. The summed E-state index contributed by atoms with van der Waals surface area (Å²) in [6.45, 7) is 0. The summed E-state index contributed by atoms with van der Waals surface area (Å²) < 4.78 is 1.63. The molecule has 1 atom stereocenters. The number of carbonyl (C=O) groups excluding carboxylic acids is 1. The van der Waals surface area contributed by atoms with E-state index in [0.29, 0.717) is 5.82 Å². The number of aryl methyl sites for hydroxylation is 1. The SMILES string of the molecule is Cn1ccc(NC(=O)CC(N)c2ccccc2)n1. The number of rotatable bonds is 4. The van der Waals surface area contributed by atoms with E-state index in [2.05, 4.69) is 10.4 Å². The standard InChI is InChI=1S/C13H16N4O/c1-17-8-7-12(16-17)15-13(18)9-11(14)10-5-3-2-4-6-10/h2-8,11H,9,14H2,1H3,(H,15,16,18). The van der Waals surface area contributed by atoms with E-state index in [0.717, 1.165) is 5.56 Å². The molecule has 1 aromatic heterocycles. The molecule has 5 heteroatoms. The molecule has 1 aromatic carbocycles. The molecule has 0 aliphatic heterocycles. The Labute approximate surface area is 106 Å². The maximum atomic E-state index is 11.8. The van der Waals surface area contributed by atoms with Crippen LogP contribution in [0.3, 0.4) is 0 Å². The van der Waals surface area contributed by atoms with Gasteiger partial charge in [0, 0.05) is 31.8 Å². The third-order valence-electron chi connectivity index (χ3n) is 2.61. The molecular weight excluding hydrogens is 228 g/mol. The molecule has 0 bridgehead atoms. The van der Waals surface area contributed by atoms with Crippen LogP contribution in [0, 0.1) is 0 Å². The van der Waals surface area contributed by atoms with Crippen molar-refractivity contribution < 1.29 is 4.79 Å². The van der Waals surface area contributed by atoms with E-state index >= 15 is 0 Å². The van der Waals surface area contributed by atoms with Crippen LogP contribution in [0.4, 0.5) is 5.82 Å². The molecule has 94 valence electrons. The minimum atomic E-state index is -0.296. The predicted molar refractivity (Wildman–Crippen MR) is 69.8 cm³/mol. The molecule has 0 fully saturated rings. The van der Waals surface area contributed by atoms with Crippen LogP contribution in [-0.4, -0.2) is 15.7 Å². The van der Waals surface area contributed by atoms with E-state index < -0.39 is 0 Å². The molecular formula is C13H16N4O. The van der Waals surface area contributed by atoms with Gasteiger partial charge in [0.25, 0.3) is 0 Å². The van der Waals surface area contributed by atoms with Gasteiger partial charge in [-0.1, -0.05) is 30.3 Å². The lowest BCUT2D eigenvalue weighted by atomic mass is 10.0. The van der Waals surface area contributed by atoms with Crippen LogP contribution in [-0.2, 0) is 11.8 Å². The van der Waals surface area contributed by atoms with Crippen molar-refractivity contribution in [2.75, 3.05) is 5.32 Å². The van der Waals surface area contributed by atoms with E-state index in [1.54, 1.807) is 24.0 Å². The average molecular weight is 244 g/mol.